The number of aromatic amines is 2. The third-order valence-corrected chi connectivity index (χ3v) is 7.17. The molecule has 5 aromatic carbocycles. The summed E-state index contributed by atoms with van der Waals surface area (Å²) in [5.41, 5.74) is 5.86. The predicted molar refractivity (Wildman–Crippen MR) is 154 cm³/mol. The van der Waals surface area contributed by atoms with Crippen LogP contribution in [-0.4, -0.2) is 46.1 Å². The number of imidazole rings is 2. The molecule has 0 unspecified atom stereocenters. The molecule has 0 atom stereocenters. The van der Waals surface area contributed by atoms with E-state index in [4.69, 9.17) is 19.4 Å². The minimum absolute atomic E-state index is 0.395. The Hall–Kier alpha value is -5.50. The molecule has 2 heterocycles. The van der Waals surface area contributed by atoms with Crippen molar-refractivity contribution in [1.82, 2.24) is 19.9 Å². The molecule has 0 saturated heterocycles. The number of nitrogens with zero attached hydrogens (tertiary/aromatic N) is 2. The molecule has 2 aromatic heterocycles. The fourth-order valence-electron chi connectivity index (χ4n) is 5.14. The maximum absolute atomic E-state index is 12.0. The molecule has 40 heavy (non-hydrogen) atoms. The zero-order valence-electron chi connectivity index (χ0n) is 21.6. The summed E-state index contributed by atoms with van der Waals surface area (Å²) in [6.07, 6.45) is 0. The summed E-state index contributed by atoms with van der Waals surface area (Å²) in [6, 6.07) is 27.3. The summed E-state index contributed by atoms with van der Waals surface area (Å²) >= 11 is 0. The fourth-order valence-corrected chi connectivity index (χ4v) is 5.14. The highest BCUT2D eigenvalue weighted by Gasteiger charge is 2.14. The average Bonchev–Trinajstić information content (AvgIpc) is 3.62. The van der Waals surface area contributed by atoms with Gasteiger partial charge in [0.05, 0.1) is 47.4 Å². The van der Waals surface area contributed by atoms with Crippen molar-refractivity contribution in [2.75, 3.05) is 14.2 Å². The Morgan fingerprint density at radius 3 is 1.95 bits per heavy atom. The number of ether oxygens (including phenoxy) is 2. The maximum atomic E-state index is 12.0. The second kappa shape index (κ2) is 9.06. The first kappa shape index (κ1) is 23.6. The molecular weight excluding hydrogens is 504 g/mol. The zero-order valence-corrected chi connectivity index (χ0v) is 21.6. The quantitative estimate of drug-likeness (QED) is 0.196. The van der Waals surface area contributed by atoms with E-state index in [1.807, 2.05) is 30.3 Å². The standard InChI is InChI=1S/C32H22N4O4/c1-39-31(37)20-8-10-25-27(15-20)35-29(33-25)19-7-6-17-12-18-4-3-5-23(24(18)14-22(17)13-19)30-34-26-11-9-21(32(38)40-2)16-28(26)36-30/h3-16H,1-2H3,(H,33,35)(H,34,36). The van der Waals surface area contributed by atoms with Crippen molar-refractivity contribution in [3.05, 3.63) is 96.1 Å². The fraction of sp³-hybridized carbons (Fsp3) is 0.0625. The van der Waals surface area contributed by atoms with Crippen LogP contribution in [0.4, 0.5) is 0 Å². The van der Waals surface area contributed by atoms with Gasteiger partial charge in [0.2, 0.25) is 0 Å². The highest BCUT2D eigenvalue weighted by molar-refractivity contribution is 6.06. The Bertz CT molecular complexity index is 2140. The summed E-state index contributed by atoms with van der Waals surface area (Å²) in [5, 5.41) is 4.29. The Kier molecular flexibility index (Phi) is 5.35. The second-order valence-electron chi connectivity index (χ2n) is 9.56. The van der Waals surface area contributed by atoms with Crippen molar-refractivity contribution < 1.29 is 19.1 Å². The number of benzene rings is 5. The molecule has 2 N–H and O–H groups in total. The van der Waals surface area contributed by atoms with E-state index >= 15 is 0 Å². The average molecular weight is 527 g/mol. The van der Waals surface area contributed by atoms with Gasteiger partial charge in [0.1, 0.15) is 11.6 Å². The minimum Gasteiger partial charge on any atom is -0.465 e. The number of hydrogen-bond acceptors (Lipinski definition) is 6. The molecule has 7 rings (SSSR count). The minimum atomic E-state index is -0.396. The first-order valence-corrected chi connectivity index (χ1v) is 12.6. The van der Waals surface area contributed by atoms with Crippen LogP contribution in [0.15, 0.2) is 84.9 Å². The zero-order chi connectivity index (χ0) is 27.4. The summed E-state index contributed by atoms with van der Waals surface area (Å²) in [7, 11) is 2.73. The lowest BCUT2D eigenvalue weighted by atomic mass is 9.98. The van der Waals surface area contributed by atoms with E-state index in [0.717, 1.165) is 49.5 Å². The highest BCUT2D eigenvalue weighted by atomic mass is 16.5. The van der Waals surface area contributed by atoms with Crippen molar-refractivity contribution >= 4 is 55.6 Å². The number of rotatable bonds is 4. The molecular formula is C32H22N4O4. The number of carbonyl (C=O) groups excluding carboxylic acids is 2. The third kappa shape index (κ3) is 3.85. The molecule has 0 saturated carbocycles. The number of H-pyrrole nitrogens is 2. The predicted octanol–water partition coefficient (Wildman–Crippen LogP) is 6.65. The van der Waals surface area contributed by atoms with Gasteiger partial charge in [0, 0.05) is 11.1 Å². The van der Waals surface area contributed by atoms with Crippen LogP contribution in [0.25, 0.3) is 66.4 Å². The van der Waals surface area contributed by atoms with E-state index in [1.54, 1.807) is 24.3 Å². The lowest BCUT2D eigenvalue weighted by molar-refractivity contribution is 0.0592. The maximum Gasteiger partial charge on any atom is 0.337 e. The first-order valence-electron chi connectivity index (χ1n) is 12.6. The van der Waals surface area contributed by atoms with Gasteiger partial charge >= 0.3 is 11.9 Å². The number of hydrogen-bond donors (Lipinski definition) is 2. The molecule has 0 bridgehead atoms. The topological polar surface area (TPSA) is 110 Å². The van der Waals surface area contributed by atoms with Gasteiger partial charge in [-0.1, -0.05) is 30.3 Å². The Labute approximate surface area is 227 Å². The van der Waals surface area contributed by atoms with Gasteiger partial charge in [-0.3, -0.25) is 0 Å². The molecule has 0 aliphatic carbocycles. The number of methoxy groups -OCH3 is 2. The summed E-state index contributed by atoms with van der Waals surface area (Å²) < 4.78 is 9.69. The molecule has 0 amide bonds. The van der Waals surface area contributed by atoms with Crippen molar-refractivity contribution in [1.29, 1.82) is 0 Å². The van der Waals surface area contributed by atoms with Gasteiger partial charge in [-0.2, -0.15) is 0 Å². The monoisotopic (exact) mass is 526 g/mol. The van der Waals surface area contributed by atoms with Crippen molar-refractivity contribution in [2.45, 2.75) is 0 Å². The van der Waals surface area contributed by atoms with Crippen LogP contribution in [0, 0.1) is 0 Å². The molecule has 0 fully saturated rings. The molecule has 8 nitrogen and oxygen atoms in total. The molecule has 194 valence electrons. The van der Waals surface area contributed by atoms with Gasteiger partial charge in [-0.05, 0) is 76.1 Å². The Morgan fingerprint density at radius 1 is 0.625 bits per heavy atom. The second-order valence-corrected chi connectivity index (χ2v) is 9.56. The lowest BCUT2D eigenvalue weighted by Crippen LogP contribution is -2.00. The first-order chi connectivity index (χ1) is 19.5. The SMILES string of the molecule is COC(=O)c1ccc2[nH]c(-c3ccc4cc5cccc(-c6nc7cc(C(=O)OC)ccc7[nH]6)c5cc4c3)nc2c1. The number of nitrogens with one attached hydrogen (secondary N) is 2. The van der Waals surface area contributed by atoms with E-state index < -0.39 is 11.9 Å². The number of esters is 2. The number of aromatic nitrogens is 4. The summed E-state index contributed by atoms with van der Waals surface area (Å²) in [4.78, 5) is 40.2. The molecule has 7 aromatic rings. The van der Waals surface area contributed by atoms with Crippen LogP contribution in [-0.2, 0) is 9.47 Å². The van der Waals surface area contributed by atoms with Crippen LogP contribution in [0.2, 0.25) is 0 Å². The van der Waals surface area contributed by atoms with Crippen LogP contribution in [0.1, 0.15) is 20.7 Å². The van der Waals surface area contributed by atoms with E-state index in [9.17, 15) is 9.59 Å². The van der Waals surface area contributed by atoms with Crippen molar-refractivity contribution in [2.24, 2.45) is 0 Å². The van der Waals surface area contributed by atoms with Crippen LogP contribution in [0.5, 0.6) is 0 Å². The summed E-state index contributed by atoms with van der Waals surface area (Å²) in [5.74, 6) is 0.642. The van der Waals surface area contributed by atoms with Crippen LogP contribution >= 0.6 is 0 Å². The highest BCUT2D eigenvalue weighted by Crippen LogP contribution is 2.33. The molecule has 8 heteroatoms. The van der Waals surface area contributed by atoms with E-state index in [0.29, 0.717) is 28.0 Å². The summed E-state index contributed by atoms with van der Waals surface area (Å²) in [6.45, 7) is 0. The van der Waals surface area contributed by atoms with E-state index in [1.165, 1.54) is 14.2 Å². The molecule has 0 radical (unpaired) electrons. The Balaban J connectivity index is 1.33. The van der Waals surface area contributed by atoms with Crippen LogP contribution in [0.3, 0.4) is 0 Å². The third-order valence-electron chi connectivity index (χ3n) is 7.17. The van der Waals surface area contributed by atoms with Crippen molar-refractivity contribution in [3.63, 3.8) is 0 Å². The van der Waals surface area contributed by atoms with E-state index in [2.05, 4.69) is 40.3 Å². The van der Waals surface area contributed by atoms with Gasteiger partial charge in [-0.25, -0.2) is 19.6 Å². The van der Waals surface area contributed by atoms with Gasteiger partial charge in [0.15, 0.2) is 0 Å². The molecule has 0 spiro atoms. The normalized spacial score (nSPS) is 11.4. The van der Waals surface area contributed by atoms with Gasteiger partial charge in [-0.15, -0.1) is 0 Å². The number of fused-ring (bicyclic) bond motifs is 4. The lowest BCUT2D eigenvalue weighted by Gasteiger charge is -2.08. The van der Waals surface area contributed by atoms with E-state index in [-0.39, 0.29) is 0 Å². The van der Waals surface area contributed by atoms with Crippen LogP contribution < -0.4 is 0 Å². The Morgan fingerprint density at radius 2 is 1.27 bits per heavy atom. The smallest absolute Gasteiger partial charge is 0.337 e. The van der Waals surface area contributed by atoms with Gasteiger partial charge < -0.3 is 19.4 Å². The number of carbonyl (C=O) groups is 2. The van der Waals surface area contributed by atoms with Gasteiger partial charge in [0.25, 0.3) is 0 Å². The molecule has 0 aliphatic heterocycles. The molecule has 0 aliphatic rings. The van der Waals surface area contributed by atoms with Crippen molar-refractivity contribution in [3.8, 4) is 22.8 Å². The largest absolute Gasteiger partial charge is 0.465 e.